The van der Waals surface area contributed by atoms with Gasteiger partial charge in [0.25, 0.3) is 11.7 Å². The largest absolute Gasteiger partial charge is 0.394 e. The van der Waals surface area contributed by atoms with Gasteiger partial charge in [0, 0.05) is 13.5 Å². The molecule has 2 heterocycles. The van der Waals surface area contributed by atoms with E-state index in [-0.39, 0.29) is 24.4 Å². The van der Waals surface area contributed by atoms with E-state index in [2.05, 4.69) is 10.1 Å². The standard InChI is InChI=1S/C14H15N3O3/c1-9-15-13(16-20-9)14(19)17-7-6-10-4-2-3-5-11(10)12(17)8-18/h2-5,12,18H,6-8H2,1H3. The van der Waals surface area contributed by atoms with Crippen LogP contribution in [0.15, 0.2) is 28.8 Å². The van der Waals surface area contributed by atoms with Crippen molar-refractivity contribution in [3.05, 3.63) is 47.1 Å². The number of aliphatic hydroxyl groups excluding tert-OH is 1. The maximum atomic E-state index is 12.4. The summed E-state index contributed by atoms with van der Waals surface area (Å²) in [7, 11) is 0. The van der Waals surface area contributed by atoms with E-state index >= 15 is 0 Å². The summed E-state index contributed by atoms with van der Waals surface area (Å²) in [5.41, 5.74) is 2.15. The molecule has 1 atom stereocenters. The lowest BCUT2D eigenvalue weighted by Crippen LogP contribution is -2.42. The minimum absolute atomic E-state index is 0.0420. The number of aliphatic hydroxyl groups is 1. The molecule has 0 aliphatic carbocycles. The minimum atomic E-state index is -0.355. The van der Waals surface area contributed by atoms with Crippen molar-refractivity contribution in [3.8, 4) is 0 Å². The highest BCUT2D eigenvalue weighted by atomic mass is 16.5. The summed E-state index contributed by atoms with van der Waals surface area (Å²) in [6.45, 7) is 2.05. The number of fused-ring (bicyclic) bond motifs is 1. The quantitative estimate of drug-likeness (QED) is 0.886. The van der Waals surface area contributed by atoms with Crippen LogP contribution < -0.4 is 0 Å². The minimum Gasteiger partial charge on any atom is -0.394 e. The second kappa shape index (κ2) is 5.05. The molecule has 2 aromatic rings. The molecule has 1 aromatic heterocycles. The average Bonchev–Trinajstić information content (AvgIpc) is 2.91. The zero-order chi connectivity index (χ0) is 14.1. The predicted octanol–water partition coefficient (Wildman–Crippen LogP) is 1.11. The summed E-state index contributed by atoms with van der Waals surface area (Å²) in [5, 5.41) is 13.3. The number of carbonyl (C=O) groups is 1. The van der Waals surface area contributed by atoms with Gasteiger partial charge >= 0.3 is 0 Å². The van der Waals surface area contributed by atoms with Gasteiger partial charge in [-0.25, -0.2) is 0 Å². The molecular weight excluding hydrogens is 258 g/mol. The van der Waals surface area contributed by atoms with Crippen LogP contribution in [0.4, 0.5) is 0 Å². The number of aryl methyl sites for hydroxylation is 1. The van der Waals surface area contributed by atoms with E-state index < -0.39 is 0 Å². The molecule has 0 radical (unpaired) electrons. The van der Waals surface area contributed by atoms with Crippen LogP contribution in [0, 0.1) is 6.92 Å². The van der Waals surface area contributed by atoms with E-state index in [0.29, 0.717) is 12.4 Å². The Morgan fingerprint density at radius 2 is 2.30 bits per heavy atom. The molecule has 1 unspecified atom stereocenters. The van der Waals surface area contributed by atoms with E-state index in [0.717, 1.165) is 12.0 Å². The molecule has 6 nitrogen and oxygen atoms in total. The number of benzene rings is 1. The topological polar surface area (TPSA) is 79.5 Å². The lowest BCUT2D eigenvalue weighted by Gasteiger charge is -2.35. The third kappa shape index (κ3) is 2.08. The Kier molecular flexibility index (Phi) is 3.23. The van der Waals surface area contributed by atoms with Gasteiger partial charge in [-0.15, -0.1) is 0 Å². The number of amides is 1. The third-order valence-corrected chi connectivity index (χ3v) is 3.57. The molecule has 1 aliphatic heterocycles. The summed E-state index contributed by atoms with van der Waals surface area (Å²) in [4.78, 5) is 18.0. The fourth-order valence-corrected chi connectivity index (χ4v) is 2.61. The van der Waals surface area contributed by atoms with Crippen LogP contribution in [0.3, 0.4) is 0 Å². The lowest BCUT2D eigenvalue weighted by molar-refractivity contribution is 0.0553. The molecule has 0 bridgehead atoms. The SMILES string of the molecule is Cc1nc(C(=O)N2CCc3ccccc3C2CO)no1. The third-order valence-electron chi connectivity index (χ3n) is 3.57. The van der Waals surface area contributed by atoms with Gasteiger partial charge in [-0.05, 0) is 17.5 Å². The monoisotopic (exact) mass is 273 g/mol. The maximum Gasteiger partial charge on any atom is 0.295 e. The Morgan fingerprint density at radius 1 is 1.50 bits per heavy atom. The summed E-state index contributed by atoms with van der Waals surface area (Å²) >= 11 is 0. The molecule has 1 aromatic carbocycles. The summed E-state index contributed by atoms with van der Waals surface area (Å²) in [5.74, 6) is 0.0852. The van der Waals surface area contributed by atoms with Crippen molar-refractivity contribution in [2.24, 2.45) is 0 Å². The molecule has 1 aliphatic rings. The summed E-state index contributed by atoms with van der Waals surface area (Å²) in [6, 6.07) is 7.49. The number of rotatable bonds is 2. The molecule has 1 amide bonds. The van der Waals surface area contributed by atoms with Gasteiger partial charge < -0.3 is 14.5 Å². The summed E-state index contributed by atoms with van der Waals surface area (Å²) in [6.07, 6.45) is 0.759. The lowest BCUT2D eigenvalue weighted by atomic mass is 9.93. The first kappa shape index (κ1) is 12.8. The first-order valence-electron chi connectivity index (χ1n) is 6.50. The predicted molar refractivity (Wildman–Crippen MR) is 70.0 cm³/mol. The van der Waals surface area contributed by atoms with Crippen LogP contribution in [0.1, 0.15) is 33.7 Å². The smallest absolute Gasteiger partial charge is 0.295 e. The zero-order valence-corrected chi connectivity index (χ0v) is 11.1. The molecule has 3 rings (SSSR count). The van der Waals surface area contributed by atoms with Gasteiger partial charge in [0.15, 0.2) is 0 Å². The Hall–Kier alpha value is -2.21. The van der Waals surface area contributed by atoms with E-state index in [1.165, 1.54) is 5.56 Å². The first-order valence-corrected chi connectivity index (χ1v) is 6.50. The Bertz CT molecular complexity index is 638. The number of carbonyl (C=O) groups excluding carboxylic acids is 1. The van der Waals surface area contributed by atoms with E-state index in [1.807, 2.05) is 24.3 Å². The number of aromatic nitrogens is 2. The second-order valence-corrected chi connectivity index (χ2v) is 4.78. The molecule has 104 valence electrons. The summed E-state index contributed by atoms with van der Waals surface area (Å²) < 4.78 is 4.84. The van der Waals surface area contributed by atoms with Crippen molar-refractivity contribution >= 4 is 5.91 Å². The van der Waals surface area contributed by atoms with Crippen molar-refractivity contribution in [1.82, 2.24) is 15.0 Å². The van der Waals surface area contributed by atoms with Crippen molar-refractivity contribution < 1.29 is 14.4 Å². The molecule has 6 heteroatoms. The van der Waals surface area contributed by atoms with Crippen molar-refractivity contribution in [2.75, 3.05) is 13.2 Å². The van der Waals surface area contributed by atoms with Crippen molar-refractivity contribution in [3.63, 3.8) is 0 Å². The Balaban J connectivity index is 1.93. The van der Waals surface area contributed by atoms with Gasteiger partial charge in [-0.1, -0.05) is 29.4 Å². The normalized spacial score (nSPS) is 17.9. The average molecular weight is 273 g/mol. The van der Waals surface area contributed by atoms with Crippen molar-refractivity contribution in [1.29, 1.82) is 0 Å². The van der Waals surface area contributed by atoms with Gasteiger partial charge in [0.05, 0.1) is 12.6 Å². The van der Waals surface area contributed by atoms with Gasteiger partial charge in [-0.2, -0.15) is 4.98 Å². The highest BCUT2D eigenvalue weighted by Crippen LogP contribution is 2.30. The molecular formula is C14H15N3O3. The molecule has 20 heavy (non-hydrogen) atoms. The van der Waals surface area contributed by atoms with E-state index in [1.54, 1.807) is 11.8 Å². The molecule has 0 fully saturated rings. The second-order valence-electron chi connectivity index (χ2n) is 4.78. The maximum absolute atomic E-state index is 12.4. The van der Waals surface area contributed by atoms with Gasteiger partial charge in [0.1, 0.15) is 0 Å². The molecule has 1 N–H and O–H groups in total. The number of nitrogens with zero attached hydrogens (tertiary/aromatic N) is 3. The van der Waals surface area contributed by atoms with Crippen LogP contribution in [0.25, 0.3) is 0 Å². The van der Waals surface area contributed by atoms with Crippen LogP contribution in [-0.2, 0) is 6.42 Å². The number of hydrogen-bond donors (Lipinski definition) is 1. The fourth-order valence-electron chi connectivity index (χ4n) is 2.61. The highest BCUT2D eigenvalue weighted by Gasteiger charge is 2.32. The van der Waals surface area contributed by atoms with Gasteiger partial charge in [-0.3, -0.25) is 4.79 Å². The molecule has 0 spiro atoms. The molecule has 0 saturated carbocycles. The van der Waals surface area contributed by atoms with E-state index in [4.69, 9.17) is 4.52 Å². The highest BCUT2D eigenvalue weighted by molar-refractivity contribution is 5.90. The fraction of sp³-hybridized carbons (Fsp3) is 0.357. The first-order chi connectivity index (χ1) is 9.70. The van der Waals surface area contributed by atoms with E-state index in [9.17, 15) is 9.90 Å². The number of hydrogen-bond acceptors (Lipinski definition) is 5. The van der Waals surface area contributed by atoms with Crippen LogP contribution in [-0.4, -0.2) is 39.2 Å². The Labute approximate surface area is 116 Å². The van der Waals surface area contributed by atoms with Crippen molar-refractivity contribution in [2.45, 2.75) is 19.4 Å². The van der Waals surface area contributed by atoms with Crippen LogP contribution >= 0.6 is 0 Å². The Morgan fingerprint density at radius 3 is 3.00 bits per heavy atom. The zero-order valence-electron chi connectivity index (χ0n) is 11.1. The van der Waals surface area contributed by atoms with Crippen LogP contribution in [0.2, 0.25) is 0 Å². The van der Waals surface area contributed by atoms with Gasteiger partial charge in [0.2, 0.25) is 5.89 Å². The van der Waals surface area contributed by atoms with Crippen LogP contribution in [0.5, 0.6) is 0 Å². The molecule has 0 saturated heterocycles.